The molecule has 0 spiro atoms. The molecular weight excluding hydrogens is 264 g/mol. The van der Waals surface area contributed by atoms with Crippen molar-refractivity contribution in [1.82, 2.24) is 4.98 Å². The molecule has 1 aromatic heterocycles. The van der Waals surface area contributed by atoms with Crippen LogP contribution < -0.4 is 4.74 Å². The summed E-state index contributed by atoms with van der Waals surface area (Å²) in [6, 6.07) is 7.29. The van der Waals surface area contributed by atoms with Crippen LogP contribution in [0.25, 0.3) is 0 Å². The highest BCUT2D eigenvalue weighted by molar-refractivity contribution is 6.32. The van der Waals surface area contributed by atoms with Crippen molar-refractivity contribution in [2.45, 2.75) is 5.88 Å². The molecule has 0 aliphatic carbocycles. The van der Waals surface area contributed by atoms with E-state index in [-0.39, 0.29) is 11.7 Å². The fourth-order valence-corrected chi connectivity index (χ4v) is 1.60. The molecule has 0 bridgehead atoms. The maximum Gasteiger partial charge on any atom is 0.238 e. The first-order valence-electron chi connectivity index (χ1n) is 4.83. The molecule has 0 N–H and O–H groups in total. The molecule has 2 aromatic rings. The number of nitrogens with zero attached hydrogens (tertiary/aromatic N) is 1. The fraction of sp³-hybridized carbons (Fsp3) is 0.0833. The summed E-state index contributed by atoms with van der Waals surface area (Å²) >= 11 is 11.6. The van der Waals surface area contributed by atoms with Crippen LogP contribution in [0.1, 0.15) is 5.56 Å². The molecule has 2 nitrogen and oxygen atoms in total. The Morgan fingerprint density at radius 1 is 1.24 bits per heavy atom. The van der Waals surface area contributed by atoms with Gasteiger partial charge in [-0.25, -0.2) is 9.37 Å². The Balaban J connectivity index is 2.21. The fourth-order valence-electron chi connectivity index (χ4n) is 1.23. The second kappa shape index (κ2) is 5.34. The molecule has 1 aromatic carbocycles. The number of aromatic nitrogens is 1. The predicted octanol–water partition coefficient (Wildman–Crippen LogP) is 4.41. The second-order valence-electron chi connectivity index (χ2n) is 3.32. The lowest BCUT2D eigenvalue weighted by Crippen LogP contribution is -1.91. The molecule has 17 heavy (non-hydrogen) atoms. The first kappa shape index (κ1) is 12.1. The molecule has 0 amide bonds. The van der Waals surface area contributed by atoms with Gasteiger partial charge in [0.25, 0.3) is 0 Å². The average Bonchev–Trinajstić information content (AvgIpc) is 2.34. The zero-order valence-corrected chi connectivity index (χ0v) is 10.2. The van der Waals surface area contributed by atoms with Crippen LogP contribution in [0.2, 0.25) is 5.02 Å². The monoisotopic (exact) mass is 271 g/mol. The van der Waals surface area contributed by atoms with E-state index in [0.29, 0.717) is 16.7 Å². The van der Waals surface area contributed by atoms with Gasteiger partial charge < -0.3 is 4.74 Å². The van der Waals surface area contributed by atoms with Crippen LogP contribution in [0, 0.1) is 5.82 Å². The summed E-state index contributed by atoms with van der Waals surface area (Å²) in [5, 5.41) is 0.368. The maximum absolute atomic E-state index is 12.7. The first-order chi connectivity index (χ1) is 8.19. The minimum atomic E-state index is -0.325. The Morgan fingerprint density at radius 3 is 2.53 bits per heavy atom. The molecule has 5 heteroatoms. The predicted molar refractivity (Wildman–Crippen MR) is 65.3 cm³/mol. The molecule has 0 saturated carbocycles. The Hall–Kier alpha value is -1.32. The molecule has 0 saturated heterocycles. The van der Waals surface area contributed by atoms with E-state index >= 15 is 0 Å². The number of alkyl halides is 1. The van der Waals surface area contributed by atoms with Crippen LogP contribution in [-0.4, -0.2) is 4.98 Å². The highest BCUT2D eigenvalue weighted by Crippen LogP contribution is 2.28. The van der Waals surface area contributed by atoms with Gasteiger partial charge in [-0.05, 0) is 35.9 Å². The number of rotatable bonds is 3. The van der Waals surface area contributed by atoms with Crippen LogP contribution >= 0.6 is 23.2 Å². The maximum atomic E-state index is 12.7. The highest BCUT2D eigenvalue weighted by Gasteiger charge is 2.06. The van der Waals surface area contributed by atoms with Gasteiger partial charge in [0.15, 0.2) is 0 Å². The molecule has 0 radical (unpaired) electrons. The summed E-state index contributed by atoms with van der Waals surface area (Å²) in [7, 11) is 0. The second-order valence-corrected chi connectivity index (χ2v) is 3.99. The van der Waals surface area contributed by atoms with E-state index in [1.807, 2.05) is 0 Å². The normalized spacial score (nSPS) is 10.3. The van der Waals surface area contributed by atoms with Gasteiger partial charge in [-0.3, -0.25) is 0 Å². The standard InChI is InChI=1S/C12H8Cl2FNO/c13-6-8-5-11(14)12(16-7-8)17-10-3-1-9(15)2-4-10/h1-5,7H,6H2. The van der Waals surface area contributed by atoms with Crippen LogP contribution in [0.4, 0.5) is 4.39 Å². The molecule has 2 rings (SSSR count). The number of hydrogen-bond acceptors (Lipinski definition) is 2. The van der Waals surface area contributed by atoms with Crippen molar-refractivity contribution >= 4 is 23.2 Å². The smallest absolute Gasteiger partial charge is 0.238 e. The van der Waals surface area contributed by atoms with Crippen molar-refractivity contribution in [1.29, 1.82) is 0 Å². The summed E-state index contributed by atoms with van der Waals surface area (Å²) < 4.78 is 18.1. The van der Waals surface area contributed by atoms with Crippen molar-refractivity contribution < 1.29 is 9.13 Å². The van der Waals surface area contributed by atoms with E-state index in [1.54, 1.807) is 12.3 Å². The van der Waals surface area contributed by atoms with E-state index in [9.17, 15) is 4.39 Å². The number of hydrogen-bond donors (Lipinski definition) is 0. The molecule has 88 valence electrons. The average molecular weight is 272 g/mol. The topological polar surface area (TPSA) is 22.1 Å². The van der Waals surface area contributed by atoms with Gasteiger partial charge in [0.2, 0.25) is 5.88 Å². The van der Waals surface area contributed by atoms with Crippen molar-refractivity contribution in [2.24, 2.45) is 0 Å². The van der Waals surface area contributed by atoms with E-state index in [4.69, 9.17) is 27.9 Å². The van der Waals surface area contributed by atoms with Gasteiger partial charge in [-0.1, -0.05) is 11.6 Å². The van der Waals surface area contributed by atoms with Gasteiger partial charge in [0.1, 0.15) is 16.6 Å². The Morgan fingerprint density at radius 2 is 1.94 bits per heavy atom. The van der Waals surface area contributed by atoms with E-state index < -0.39 is 0 Å². The van der Waals surface area contributed by atoms with Gasteiger partial charge in [-0.15, -0.1) is 11.6 Å². The van der Waals surface area contributed by atoms with E-state index in [2.05, 4.69) is 4.98 Å². The molecule has 1 heterocycles. The van der Waals surface area contributed by atoms with Crippen LogP contribution in [0.15, 0.2) is 36.5 Å². The Kier molecular flexibility index (Phi) is 3.82. The summed E-state index contributed by atoms with van der Waals surface area (Å²) in [6.45, 7) is 0. The molecule has 0 fully saturated rings. The summed E-state index contributed by atoms with van der Waals surface area (Å²) in [4.78, 5) is 4.03. The van der Waals surface area contributed by atoms with E-state index in [0.717, 1.165) is 5.56 Å². The van der Waals surface area contributed by atoms with Crippen LogP contribution in [0.3, 0.4) is 0 Å². The van der Waals surface area contributed by atoms with Crippen molar-refractivity contribution in [3.05, 3.63) is 52.9 Å². The molecular formula is C12H8Cl2FNO. The van der Waals surface area contributed by atoms with Gasteiger partial charge >= 0.3 is 0 Å². The SMILES string of the molecule is Fc1ccc(Oc2ncc(CCl)cc2Cl)cc1. The minimum Gasteiger partial charge on any atom is -0.438 e. The van der Waals surface area contributed by atoms with Crippen LogP contribution in [0.5, 0.6) is 11.6 Å². The summed E-state index contributed by atoms with van der Waals surface area (Å²) in [6.07, 6.45) is 1.58. The molecule has 0 aliphatic heterocycles. The number of ether oxygens (including phenoxy) is 1. The quantitative estimate of drug-likeness (QED) is 0.772. The lowest BCUT2D eigenvalue weighted by Gasteiger charge is -2.06. The van der Waals surface area contributed by atoms with Crippen molar-refractivity contribution in [3.63, 3.8) is 0 Å². The van der Waals surface area contributed by atoms with Gasteiger partial charge in [0.05, 0.1) is 0 Å². The third kappa shape index (κ3) is 3.08. The molecule has 0 aliphatic rings. The minimum absolute atomic E-state index is 0.271. The van der Waals surface area contributed by atoms with Crippen molar-refractivity contribution in [2.75, 3.05) is 0 Å². The van der Waals surface area contributed by atoms with Crippen LogP contribution in [-0.2, 0) is 5.88 Å². The van der Waals surface area contributed by atoms with Crippen molar-refractivity contribution in [3.8, 4) is 11.6 Å². The highest BCUT2D eigenvalue weighted by atomic mass is 35.5. The third-order valence-electron chi connectivity index (χ3n) is 2.05. The summed E-state index contributed by atoms with van der Waals surface area (Å²) in [5.74, 6) is 0.754. The number of benzene rings is 1. The first-order valence-corrected chi connectivity index (χ1v) is 5.74. The zero-order chi connectivity index (χ0) is 12.3. The van der Waals surface area contributed by atoms with Gasteiger partial charge in [-0.2, -0.15) is 0 Å². The van der Waals surface area contributed by atoms with Gasteiger partial charge in [0, 0.05) is 12.1 Å². The molecule has 0 atom stereocenters. The lowest BCUT2D eigenvalue weighted by molar-refractivity contribution is 0.461. The Bertz CT molecular complexity index is 516. The number of pyridine rings is 1. The zero-order valence-electron chi connectivity index (χ0n) is 8.66. The third-order valence-corrected chi connectivity index (χ3v) is 2.63. The largest absolute Gasteiger partial charge is 0.438 e. The van der Waals surface area contributed by atoms with E-state index in [1.165, 1.54) is 24.3 Å². The Labute approximate surface area is 108 Å². The number of halogens is 3. The lowest BCUT2D eigenvalue weighted by atomic mass is 10.3. The summed E-state index contributed by atoms with van der Waals surface area (Å²) in [5.41, 5.74) is 0.808. The molecule has 0 unspecified atom stereocenters.